The number of urea groups is 1. The molecule has 0 bridgehead atoms. The van der Waals surface area contributed by atoms with E-state index in [1.54, 1.807) is 0 Å². The molecule has 0 aliphatic rings. The van der Waals surface area contributed by atoms with Crippen molar-refractivity contribution < 1.29 is 4.79 Å². The average molecular weight is 279 g/mol. The molecular formula is C17H17N3O. The van der Waals surface area contributed by atoms with E-state index < -0.39 is 0 Å². The highest BCUT2D eigenvalue weighted by molar-refractivity contribution is 6.00. The van der Waals surface area contributed by atoms with Gasteiger partial charge in [0.15, 0.2) is 0 Å². The fourth-order valence-electron chi connectivity index (χ4n) is 1.79. The summed E-state index contributed by atoms with van der Waals surface area (Å²) in [6.07, 6.45) is 0. The predicted octanol–water partition coefficient (Wildman–Crippen LogP) is 2.95. The first kappa shape index (κ1) is 14.6. The molecule has 2 rings (SSSR count). The zero-order valence-corrected chi connectivity index (χ0v) is 11.8. The molecule has 0 aliphatic carbocycles. The quantitative estimate of drug-likeness (QED) is 0.740. The van der Waals surface area contributed by atoms with Crippen LogP contribution in [0.1, 0.15) is 11.1 Å². The number of aryl methyl sites for hydroxylation is 1. The monoisotopic (exact) mass is 279 g/mol. The molecule has 0 aliphatic heterocycles. The number of carbonyl (C=O) groups is 1. The zero-order chi connectivity index (χ0) is 15.1. The van der Waals surface area contributed by atoms with E-state index in [9.17, 15) is 4.79 Å². The molecule has 21 heavy (non-hydrogen) atoms. The molecule has 2 aromatic rings. The van der Waals surface area contributed by atoms with Crippen molar-refractivity contribution in [2.45, 2.75) is 6.92 Å². The van der Waals surface area contributed by atoms with E-state index in [4.69, 9.17) is 5.73 Å². The molecule has 4 nitrogen and oxygen atoms in total. The van der Waals surface area contributed by atoms with Gasteiger partial charge in [0.2, 0.25) is 0 Å². The lowest BCUT2D eigenvalue weighted by molar-refractivity contribution is 0.262. The number of para-hydroxylation sites is 1. The van der Waals surface area contributed by atoms with E-state index in [0.29, 0.717) is 6.54 Å². The standard InChI is InChI=1S/C17H17N3O/c1-13-9-10-14(6-5-11-18)12-16(13)20-17(21)19-15-7-3-2-4-8-15/h2-4,7-10,12H,11,18H2,1H3,(H2,19,20,21). The Kier molecular flexibility index (Phi) is 4.97. The summed E-state index contributed by atoms with van der Waals surface area (Å²) in [5.74, 6) is 5.74. The molecule has 4 N–H and O–H groups in total. The Morgan fingerprint density at radius 3 is 2.62 bits per heavy atom. The largest absolute Gasteiger partial charge is 0.323 e. The van der Waals surface area contributed by atoms with Crippen molar-refractivity contribution in [2.24, 2.45) is 5.73 Å². The summed E-state index contributed by atoms with van der Waals surface area (Å²) < 4.78 is 0. The first-order chi connectivity index (χ1) is 10.2. The van der Waals surface area contributed by atoms with Gasteiger partial charge in [-0.15, -0.1) is 0 Å². The Balaban J connectivity index is 2.09. The summed E-state index contributed by atoms with van der Waals surface area (Å²) in [4.78, 5) is 12.0. The molecule has 2 amide bonds. The highest BCUT2D eigenvalue weighted by atomic mass is 16.2. The number of carbonyl (C=O) groups excluding carboxylic acids is 1. The lowest BCUT2D eigenvalue weighted by Gasteiger charge is -2.10. The van der Waals surface area contributed by atoms with Gasteiger partial charge < -0.3 is 16.4 Å². The molecule has 0 aromatic heterocycles. The van der Waals surface area contributed by atoms with Crippen molar-refractivity contribution in [3.63, 3.8) is 0 Å². The molecule has 0 fully saturated rings. The molecular weight excluding hydrogens is 262 g/mol. The molecule has 0 atom stereocenters. The van der Waals surface area contributed by atoms with Crippen molar-refractivity contribution >= 4 is 17.4 Å². The Morgan fingerprint density at radius 1 is 1.14 bits per heavy atom. The van der Waals surface area contributed by atoms with Crippen LogP contribution >= 0.6 is 0 Å². The van der Waals surface area contributed by atoms with Crippen molar-refractivity contribution in [2.75, 3.05) is 17.2 Å². The number of benzene rings is 2. The van der Waals surface area contributed by atoms with Gasteiger partial charge in [-0.25, -0.2) is 4.79 Å². The summed E-state index contributed by atoms with van der Waals surface area (Å²) in [6, 6.07) is 14.7. The van der Waals surface area contributed by atoms with Gasteiger partial charge in [-0.3, -0.25) is 0 Å². The van der Waals surface area contributed by atoms with Gasteiger partial charge in [0.1, 0.15) is 0 Å². The third kappa shape index (κ3) is 4.37. The molecule has 0 saturated heterocycles. The zero-order valence-electron chi connectivity index (χ0n) is 11.8. The number of hydrogen-bond donors (Lipinski definition) is 3. The first-order valence-corrected chi connectivity index (χ1v) is 6.61. The van der Waals surface area contributed by atoms with Crippen LogP contribution in [0.15, 0.2) is 48.5 Å². The Bertz CT molecular complexity index is 684. The fourth-order valence-corrected chi connectivity index (χ4v) is 1.79. The van der Waals surface area contributed by atoms with Crippen LogP contribution in [-0.4, -0.2) is 12.6 Å². The highest BCUT2D eigenvalue weighted by Crippen LogP contribution is 2.17. The molecule has 106 valence electrons. The molecule has 4 heteroatoms. The number of nitrogens with two attached hydrogens (primary N) is 1. The summed E-state index contributed by atoms with van der Waals surface area (Å²) >= 11 is 0. The maximum atomic E-state index is 12.0. The van der Waals surface area contributed by atoms with E-state index in [1.165, 1.54) is 0 Å². The minimum Gasteiger partial charge on any atom is -0.320 e. The van der Waals surface area contributed by atoms with Crippen molar-refractivity contribution in [3.05, 3.63) is 59.7 Å². The SMILES string of the molecule is Cc1ccc(C#CCN)cc1NC(=O)Nc1ccccc1. The summed E-state index contributed by atoms with van der Waals surface area (Å²) in [5, 5.41) is 5.60. The number of rotatable bonds is 2. The normalized spacial score (nSPS) is 9.43. The van der Waals surface area contributed by atoms with Crippen LogP contribution < -0.4 is 16.4 Å². The van der Waals surface area contributed by atoms with Gasteiger partial charge in [0, 0.05) is 16.9 Å². The topological polar surface area (TPSA) is 67.1 Å². The summed E-state index contributed by atoms with van der Waals surface area (Å²) in [7, 11) is 0. The predicted molar refractivity (Wildman–Crippen MR) is 86.2 cm³/mol. The number of nitrogens with one attached hydrogen (secondary N) is 2. The Morgan fingerprint density at radius 2 is 1.90 bits per heavy atom. The molecule has 0 spiro atoms. The number of hydrogen-bond acceptors (Lipinski definition) is 2. The molecule has 0 heterocycles. The van der Waals surface area contributed by atoms with Crippen molar-refractivity contribution in [1.29, 1.82) is 0 Å². The van der Waals surface area contributed by atoms with Crippen LogP contribution in [0, 0.1) is 18.8 Å². The van der Waals surface area contributed by atoms with E-state index >= 15 is 0 Å². The summed E-state index contributed by atoms with van der Waals surface area (Å²) in [6.45, 7) is 2.24. The van der Waals surface area contributed by atoms with Gasteiger partial charge in [0.05, 0.1) is 6.54 Å². The molecule has 2 aromatic carbocycles. The summed E-state index contributed by atoms with van der Waals surface area (Å²) in [5.41, 5.74) is 8.62. The van der Waals surface area contributed by atoms with Gasteiger partial charge >= 0.3 is 6.03 Å². The molecule has 0 radical (unpaired) electrons. The smallest absolute Gasteiger partial charge is 0.320 e. The number of anilines is 2. The Hall–Kier alpha value is -2.77. The molecule has 0 saturated carbocycles. The second-order valence-electron chi connectivity index (χ2n) is 4.48. The fraction of sp³-hybridized carbons (Fsp3) is 0.118. The minimum atomic E-state index is -0.284. The van der Waals surface area contributed by atoms with Gasteiger partial charge in [-0.1, -0.05) is 36.1 Å². The lowest BCUT2D eigenvalue weighted by Crippen LogP contribution is -2.19. The lowest BCUT2D eigenvalue weighted by atomic mass is 10.1. The van der Waals surface area contributed by atoms with Gasteiger partial charge in [0.25, 0.3) is 0 Å². The minimum absolute atomic E-state index is 0.284. The average Bonchev–Trinajstić information content (AvgIpc) is 2.49. The van der Waals surface area contributed by atoms with E-state index in [-0.39, 0.29) is 6.03 Å². The van der Waals surface area contributed by atoms with E-state index in [1.807, 2.05) is 55.5 Å². The maximum absolute atomic E-state index is 12.0. The second-order valence-corrected chi connectivity index (χ2v) is 4.48. The van der Waals surface area contributed by atoms with Crippen LogP contribution in [0.5, 0.6) is 0 Å². The van der Waals surface area contributed by atoms with Crippen LogP contribution in [0.2, 0.25) is 0 Å². The van der Waals surface area contributed by atoms with Crippen LogP contribution in [-0.2, 0) is 0 Å². The first-order valence-electron chi connectivity index (χ1n) is 6.61. The number of amides is 2. The van der Waals surface area contributed by atoms with Crippen LogP contribution in [0.25, 0.3) is 0 Å². The second kappa shape index (κ2) is 7.13. The van der Waals surface area contributed by atoms with Gasteiger partial charge in [-0.2, -0.15) is 0 Å². The van der Waals surface area contributed by atoms with Crippen molar-refractivity contribution in [1.82, 2.24) is 0 Å². The van der Waals surface area contributed by atoms with Crippen molar-refractivity contribution in [3.8, 4) is 11.8 Å². The van der Waals surface area contributed by atoms with Gasteiger partial charge in [-0.05, 0) is 36.8 Å². The van der Waals surface area contributed by atoms with E-state index in [2.05, 4.69) is 22.5 Å². The maximum Gasteiger partial charge on any atom is 0.323 e. The third-order valence-corrected chi connectivity index (χ3v) is 2.85. The Labute approximate surface area is 124 Å². The third-order valence-electron chi connectivity index (χ3n) is 2.85. The highest BCUT2D eigenvalue weighted by Gasteiger charge is 2.05. The molecule has 0 unspecified atom stereocenters. The van der Waals surface area contributed by atoms with Crippen LogP contribution in [0.4, 0.5) is 16.2 Å². The van der Waals surface area contributed by atoms with Crippen LogP contribution in [0.3, 0.4) is 0 Å². The van der Waals surface area contributed by atoms with E-state index in [0.717, 1.165) is 22.5 Å².